The number of rotatable bonds is 3. The van der Waals surface area contributed by atoms with E-state index >= 15 is 0 Å². The molecular formula is C15H12N2O4. The predicted octanol–water partition coefficient (Wildman–Crippen LogP) is 2.43. The van der Waals surface area contributed by atoms with Gasteiger partial charge in [0.15, 0.2) is 17.7 Å². The predicted molar refractivity (Wildman–Crippen MR) is 75.1 cm³/mol. The lowest BCUT2D eigenvalue weighted by Crippen LogP contribution is -2.03. The third-order valence-corrected chi connectivity index (χ3v) is 3.26. The molecule has 0 saturated heterocycles. The zero-order valence-electron chi connectivity index (χ0n) is 11.5. The molecule has 0 radical (unpaired) electrons. The average Bonchev–Trinajstić information content (AvgIpc) is 3.11. The molecule has 0 spiro atoms. The topological polar surface area (TPSA) is 74.3 Å². The monoisotopic (exact) mass is 284 g/mol. The number of fused-ring (bicyclic) bond motifs is 1. The molecule has 106 valence electrons. The second kappa shape index (κ2) is 4.90. The molecule has 21 heavy (non-hydrogen) atoms. The number of aromatic nitrogens is 2. The molecule has 6 nitrogen and oxygen atoms in total. The fraction of sp³-hybridized carbons (Fsp3) is 0.133. The third kappa shape index (κ3) is 2.10. The molecule has 2 heterocycles. The summed E-state index contributed by atoms with van der Waals surface area (Å²) in [6, 6.07) is 8.78. The first kappa shape index (κ1) is 13.1. The summed E-state index contributed by atoms with van der Waals surface area (Å²) in [7, 11) is 3.07. The van der Waals surface area contributed by atoms with Gasteiger partial charge in [-0.2, -0.15) is 5.10 Å². The maximum atomic E-state index is 11.8. The number of hydrogen-bond acceptors (Lipinski definition) is 5. The van der Waals surface area contributed by atoms with Gasteiger partial charge in [0.2, 0.25) is 0 Å². The SMILES string of the molecule is COC(=O)c1nn(C)c2ccc(-c3ccc(C=O)o3)cc12. The summed E-state index contributed by atoms with van der Waals surface area (Å²) >= 11 is 0. The molecule has 0 aliphatic rings. The minimum absolute atomic E-state index is 0.249. The largest absolute Gasteiger partial charge is 0.464 e. The Morgan fingerprint density at radius 1 is 1.33 bits per heavy atom. The molecule has 0 fully saturated rings. The van der Waals surface area contributed by atoms with Crippen molar-refractivity contribution in [3.8, 4) is 11.3 Å². The second-order valence-electron chi connectivity index (χ2n) is 4.52. The average molecular weight is 284 g/mol. The number of aryl methyl sites for hydroxylation is 1. The summed E-state index contributed by atoms with van der Waals surface area (Å²) in [6.45, 7) is 0. The number of ether oxygens (including phenoxy) is 1. The van der Waals surface area contributed by atoms with Crippen LogP contribution in [0.3, 0.4) is 0 Å². The van der Waals surface area contributed by atoms with Gasteiger partial charge in [0.05, 0.1) is 12.6 Å². The van der Waals surface area contributed by atoms with Crippen LogP contribution in [0.5, 0.6) is 0 Å². The van der Waals surface area contributed by atoms with E-state index in [9.17, 15) is 9.59 Å². The molecule has 3 rings (SSSR count). The summed E-state index contributed by atoms with van der Waals surface area (Å²) < 4.78 is 11.7. The van der Waals surface area contributed by atoms with Crippen LogP contribution in [0.2, 0.25) is 0 Å². The van der Waals surface area contributed by atoms with Crippen molar-refractivity contribution in [3.63, 3.8) is 0 Å². The molecule has 0 unspecified atom stereocenters. The Hall–Kier alpha value is -2.89. The highest BCUT2D eigenvalue weighted by Gasteiger charge is 2.17. The fourth-order valence-corrected chi connectivity index (χ4v) is 2.24. The first-order valence-electron chi connectivity index (χ1n) is 6.24. The molecule has 0 atom stereocenters. The Bertz CT molecular complexity index is 845. The van der Waals surface area contributed by atoms with Crippen LogP contribution in [0, 0.1) is 0 Å². The smallest absolute Gasteiger partial charge is 0.359 e. The number of esters is 1. The van der Waals surface area contributed by atoms with E-state index in [1.54, 1.807) is 29.9 Å². The standard InChI is InChI=1S/C15H12N2O4/c1-17-12-5-3-9(13-6-4-10(8-18)21-13)7-11(12)14(16-17)15(19)20-2/h3-8H,1-2H3. The highest BCUT2D eigenvalue weighted by molar-refractivity contribution is 6.03. The number of carbonyl (C=O) groups is 2. The molecule has 6 heteroatoms. The van der Waals surface area contributed by atoms with Crippen LogP contribution in [0.15, 0.2) is 34.7 Å². The Kier molecular flexibility index (Phi) is 3.06. The first-order chi connectivity index (χ1) is 10.1. The molecule has 0 saturated carbocycles. The van der Waals surface area contributed by atoms with Gasteiger partial charge in [-0.15, -0.1) is 0 Å². The van der Waals surface area contributed by atoms with E-state index in [0.29, 0.717) is 17.4 Å². The molecule has 0 amide bonds. The molecule has 0 bridgehead atoms. The van der Waals surface area contributed by atoms with Gasteiger partial charge < -0.3 is 9.15 Å². The van der Waals surface area contributed by atoms with E-state index in [2.05, 4.69) is 5.10 Å². The van der Waals surface area contributed by atoms with E-state index in [-0.39, 0.29) is 11.5 Å². The number of benzene rings is 1. The van der Waals surface area contributed by atoms with Crippen molar-refractivity contribution >= 4 is 23.2 Å². The fourth-order valence-electron chi connectivity index (χ4n) is 2.24. The van der Waals surface area contributed by atoms with Crippen LogP contribution < -0.4 is 0 Å². The van der Waals surface area contributed by atoms with Crippen molar-refractivity contribution in [2.75, 3.05) is 7.11 Å². The quantitative estimate of drug-likeness (QED) is 0.545. The van der Waals surface area contributed by atoms with Crippen molar-refractivity contribution < 1.29 is 18.7 Å². The van der Waals surface area contributed by atoms with Crippen LogP contribution in [0.25, 0.3) is 22.2 Å². The molecule has 0 N–H and O–H groups in total. The number of hydrogen-bond donors (Lipinski definition) is 0. The molecule has 2 aromatic heterocycles. The maximum absolute atomic E-state index is 11.8. The molecular weight excluding hydrogens is 272 g/mol. The minimum atomic E-state index is -0.495. The normalized spacial score (nSPS) is 10.8. The lowest BCUT2D eigenvalue weighted by Gasteiger charge is -1.99. The highest BCUT2D eigenvalue weighted by atomic mass is 16.5. The van der Waals surface area contributed by atoms with Gasteiger partial charge in [0.1, 0.15) is 5.76 Å². The Balaban J connectivity index is 2.18. The second-order valence-corrected chi connectivity index (χ2v) is 4.52. The van der Waals surface area contributed by atoms with Crippen molar-refractivity contribution in [1.29, 1.82) is 0 Å². The van der Waals surface area contributed by atoms with Gasteiger partial charge in [0.25, 0.3) is 0 Å². The van der Waals surface area contributed by atoms with E-state index in [1.807, 2.05) is 12.1 Å². The zero-order chi connectivity index (χ0) is 15.0. The van der Waals surface area contributed by atoms with Gasteiger partial charge in [0, 0.05) is 18.0 Å². The summed E-state index contributed by atoms with van der Waals surface area (Å²) in [4.78, 5) is 22.5. The molecule has 1 aromatic carbocycles. The first-order valence-corrected chi connectivity index (χ1v) is 6.24. The zero-order valence-corrected chi connectivity index (χ0v) is 11.5. The van der Waals surface area contributed by atoms with Crippen LogP contribution in [0.4, 0.5) is 0 Å². The summed E-state index contributed by atoms with van der Waals surface area (Å²) in [6.07, 6.45) is 0.645. The minimum Gasteiger partial charge on any atom is -0.464 e. The number of furan rings is 1. The van der Waals surface area contributed by atoms with Gasteiger partial charge in [-0.3, -0.25) is 9.48 Å². The Morgan fingerprint density at radius 3 is 2.81 bits per heavy atom. The van der Waals surface area contributed by atoms with Gasteiger partial charge in [-0.25, -0.2) is 4.79 Å². The van der Waals surface area contributed by atoms with Crippen LogP contribution in [-0.4, -0.2) is 29.1 Å². The summed E-state index contributed by atoms with van der Waals surface area (Å²) in [5, 5.41) is 4.84. The summed E-state index contributed by atoms with van der Waals surface area (Å²) in [5.41, 5.74) is 1.81. The number of carbonyl (C=O) groups excluding carboxylic acids is 2. The Morgan fingerprint density at radius 2 is 2.14 bits per heavy atom. The van der Waals surface area contributed by atoms with Gasteiger partial charge >= 0.3 is 5.97 Å². The highest BCUT2D eigenvalue weighted by Crippen LogP contribution is 2.27. The third-order valence-electron chi connectivity index (χ3n) is 3.26. The van der Waals surface area contributed by atoms with Crippen molar-refractivity contribution in [3.05, 3.63) is 41.8 Å². The Labute approximate surface area is 119 Å². The van der Waals surface area contributed by atoms with Crippen molar-refractivity contribution in [2.45, 2.75) is 0 Å². The van der Waals surface area contributed by atoms with Gasteiger partial charge in [-0.1, -0.05) is 0 Å². The van der Waals surface area contributed by atoms with E-state index < -0.39 is 5.97 Å². The van der Waals surface area contributed by atoms with Crippen LogP contribution in [0.1, 0.15) is 21.0 Å². The summed E-state index contributed by atoms with van der Waals surface area (Å²) in [5.74, 6) is 0.314. The molecule has 0 aliphatic heterocycles. The van der Waals surface area contributed by atoms with Crippen LogP contribution in [-0.2, 0) is 11.8 Å². The van der Waals surface area contributed by atoms with E-state index in [4.69, 9.17) is 9.15 Å². The van der Waals surface area contributed by atoms with Crippen molar-refractivity contribution in [2.24, 2.45) is 7.05 Å². The lowest BCUT2D eigenvalue weighted by atomic mass is 10.1. The lowest BCUT2D eigenvalue weighted by molar-refractivity contribution is 0.0595. The number of methoxy groups -OCH3 is 1. The maximum Gasteiger partial charge on any atom is 0.359 e. The number of nitrogens with zero attached hydrogens (tertiary/aromatic N) is 2. The molecule has 0 aliphatic carbocycles. The van der Waals surface area contributed by atoms with Crippen molar-refractivity contribution in [1.82, 2.24) is 9.78 Å². The number of aldehydes is 1. The van der Waals surface area contributed by atoms with E-state index in [0.717, 1.165) is 11.1 Å². The van der Waals surface area contributed by atoms with E-state index in [1.165, 1.54) is 7.11 Å². The molecule has 3 aromatic rings. The van der Waals surface area contributed by atoms with Gasteiger partial charge in [-0.05, 0) is 30.3 Å². The van der Waals surface area contributed by atoms with Crippen LogP contribution >= 0.6 is 0 Å².